The van der Waals surface area contributed by atoms with Crippen LogP contribution >= 0.6 is 0 Å². The Morgan fingerprint density at radius 2 is 1.95 bits per heavy atom. The van der Waals surface area contributed by atoms with Gasteiger partial charge in [0.1, 0.15) is 0 Å². The molecular weight excluding hydrogens is 238 g/mol. The zero-order chi connectivity index (χ0) is 14.0. The van der Waals surface area contributed by atoms with Gasteiger partial charge in [-0.05, 0) is 39.2 Å². The molecular formula is C16H23NO2. The van der Waals surface area contributed by atoms with Crippen LogP contribution in [0.3, 0.4) is 0 Å². The van der Waals surface area contributed by atoms with E-state index in [0.717, 1.165) is 24.9 Å². The van der Waals surface area contributed by atoms with E-state index in [4.69, 9.17) is 0 Å². The van der Waals surface area contributed by atoms with E-state index in [1.165, 1.54) is 5.56 Å². The molecule has 0 radical (unpaired) electrons. The molecule has 1 unspecified atom stereocenters. The van der Waals surface area contributed by atoms with Crippen LogP contribution in [0.1, 0.15) is 37.8 Å². The third-order valence-corrected chi connectivity index (χ3v) is 3.99. The van der Waals surface area contributed by atoms with Crippen molar-refractivity contribution in [3.8, 4) is 0 Å². The number of amides is 1. The molecule has 1 saturated heterocycles. The molecule has 1 fully saturated rings. The van der Waals surface area contributed by atoms with Gasteiger partial charge in [0.15, 0.2) is 0 Å². The lowest BCUT2D eigenvalue weighted by Crippen LogP contribution is -2.49. The molecule has 1 heterocycles. The first-order valence-corrected chi connectivity index (χ1v) is 6.96. The van der Waals surface area contributed by atoms with E-state index in [9.17, 15) is 9.90 Å². The van der Waals surface area contributed by atoms with Crippen molar-refractivity contribution in [2.45, 2.75) is 45.1 Å². The molecule has 0 aliphatic carbocycles. The molecule has 1 amide bonds. The van der Waals surface area contributed by atoms with Gasteiger partial charge in [-0.3, -0.25) is 4.79 Å². The number of nitrogens with zero attached hydrogens (tertiary/aromatic N) is 1. The Morgan fingerprint density at radius 3 is 2.53 bits per heavy atom. The summed E-state index contributed by atoms with van der Waals surface area (Å²) < 4.78 is 0. The van der Waals surface area contributed by atoms with Crippen LogP contribution in [-0.4, -0.2) is 35.1 Å². The lowest BCUT2D eigenvalue weighted by Gasteiger charge is -2.36. The SMILES string of the molecule is Cc1ccc(C(C)(C)C(=O)N2CCCC(O)C2)cc1. The summed E-state index contributed by atoms with van der Waals surface area (Å²) in [5.74, 6) is 0.107. The van der Waals surface area contributed by atoms with Crippen LogP contribution in [-0.2, 0) is 10.2 Å². The van der Waals surface area contributed by atoms with Crippen molar-refractivity contribution in [2.24, 2.45) is 0 Å². The van der Waals surface area contributed by atoms with Gasteiger partial charge in [0.25, 0.3) is 0 Å². The molecule has 0 aromatic heterocycles. The highest BCUT2D eigenvalue weighted by molar-refractivity contribution is 5.87. The van der Waals surface area contributed by atoms with Crippen LogP contribution in [0.5, 0.6) is 0 Å². The maximum absolute atomic E-state index is 12.7. The Hall–Kier alpha value is -1.35. The van der Waals surface area contributed by atoms with E-state index in [1.807, 2.05) is 45.0 Å². The number of β-amino-alcohol motifs (C(OH)–C–C–N with tert-alkyl or cyclic N) is 1. The first-order valence-electron chi connectivity index (χ1n) is 6.96. The normalized spacial score (nSPS) is 20.4. The number of aryl methyl sites for hydroxylation is 1. The van der Waals surface area contributed by atoms with Crippen molar-refractivity contribution in [3.05, 3.63) is 35.4 Å². The number of aliphatic hydroxyl groups excluding tert-OH is 1. The monoisotopic (exact) mass is 261 g/mol. The molecule has 3 heteroatoms. The highest BCUT2D eigenvalue weighted by Crippen LogP contribution is 2.27. The summed E-state index contributed by atoms with van der Waals surface area (Å²) in [5.41, 5.74) is 1.69. The molecule has 1 aromatic carbocycles. The molecule has 3 nitrogen and oxygen atoms in total. The number of carbonyl (C=O) groups is 1. The number of benzene rings is 1. The first kappa shape index (κ1) is 14.1. The highest BCUT2D eigenvalue weighted by atomic mass is 16.3. The summed E-state index contributed by atoms with van der Waals surface area (Å²) in [6.07, 6.45) is 1.32. The van der Waals surface area contributed by atoms with Crippen LogP contribution in [0.4, 0.5) is 0 Å². The van der Waals surface area contributed by atoms with Crippen LogP contribution < -0.4 is 0 Å². The van der Waals surface area contributed by atoms with Crippen LogP contribution in [0.15, 0.2) is 24.3 Å². The summed E-state index contributed by atoms with van der Waals surface area (Å²) in [4.78, 5) is 14.5. The van der Waals surface area contributed by atoms with Crippen molar-refractivity contribution in [3.63, 3.8) is 0 Å². The Kier molecular flexibility index (Phi) is 3.95. The van der Waals surface area contributed by atoms with Crippen molar-refractivity contribution in [1.82, 2.24) is 4.90 Å². The molecule has 0 spiro atoms. The Labute approximate surface area is 115 Å². The number of carbonyl (C=O) groups excluding carboxylic acids is 1. The lowest BCUT2D eigenvalue weighted by atomic mass is 9.82. The van der Waals surface area contributed by atoms with Crippen LogP contribution in [0, 0.1) is 6.92 Å². The van der Waals surface area contributed by atoms with Gasteiger partial charge in [0.2, 0.25) is 5.91 Å². The van der Waals surface area contributed by atoms with Gasteiger partial charge < -0.3 is 10.0 Å². The highest BCUT2D eigenvalue weighted by Gasteiger charge is 2.35. The Balaban J connectivity index is 2.18. The van der Waals surface area contributed by atoms with Crippen molar-refractivity contribution < 1.29 is 9.90 Å². The van der Waals surface area contributed by atoms with Gasteiger partial charge in [-0.1, -0.05) is 29.8 Å². The Bertz CT molecular complexity index is 450. The standard InChI is InChI=1S/C16H23NO2/c1-12-6-8-13(9-7-12)16(2,3)15(19)17-10-4-5-14(18)11-17/h6-9,14,18H,4-5,10-11H2,1-3H3. The van der Waals surface area contributed by atoms with Gasteiger partial charge in [0, 0.05) is 13.1 Å². The maximum atomic E-state index is 12.7. The number of piperidine rings is 1. The predicted molar refractivity (Wildman–Crippen MR) is 76.0 cm³/mol. The summed E-state index contributed by atoms with van der Waals surface area (Å²) >= 11 is 0. The van der Waals surface area contributed by atoms with Gasteiger partial charge in [-0.2, -0.15) is 0 Å². The Morgan fingerprint density at radius 1 is 1.32 bits per heavy atom. The second-order valence-electron chi connectivity index (χ2n) is 6.04. The third kappa shape index (κ3) is 2.98. The van der Waals surface area contributed by atoms with Crippen LogP contribution in [0.2, 0.25) is 0 Å². The molecule has 1 aromatic rings. The molecule has 104 valence electrons. The average molecular weight is 261 g/mol. The largest absolute Gasteiger partial charge is 0.391 e. The number of aliphatic hydroxyl groups is 1. The number of likely N-dealkylation sites (tertiary alicyclic amines) is 1. The molecule has 0 saturated carbocycles. The smallest absolute Gasteiger partial charge is 0.232 e. The molecule has 1 atom stereocenters. The van der Waals surface area contributed by atoms with E-state index in [-0.39, 0.29) is 12.0 Å². The van der Waals surface area contributed by atoms with Gasteiger partial charge in [-0.15, -0.1) is 0 Å². The zero-order valence-corrected chi connectivity index (χ0v) is 12.0. The minimum atomic E-state index is -0.537. The number of hydrogen-bond donors (Lipinski definition) is 1. The van der Waals surface area contributed by atoms with Crippen molar-refractivity contribution in [1.29, 1.82) is 0 Å². The minimum absolute atomic E-state index is 0.107. The third-order valence-electron chi connectivity index (χ3n) is 3.99. The number of hydrogen-bond acceptors (Lipinski definition) is 2. The predicted octanol–water partition coefficient (Wildman–Crippen LogP) is 2.26. The van der Waals surface area contributed by atoms with Crippen molar-refractivity contribution >= 4 is 5.91 Å². The van der Waals surface area contributed by atoms with Gasteiger partial charge >= 0.3 is 0 Å². The zero-order valence-electron chi connectivity index (χ0n) is 12.0. The second kappa shape index (κ2) is 5.33. The fraction of sp³-hybridized carbons (Fsp3) is 0.562. The molecule has 0 bridgehead atoms. The first-order chi connectivity index (χ1) is 8.91. The van der Waals surface area contributed by atoms with E-state index in [1.54, 1.807) is 4.90 Å². The lowest BCUT2D eigenvalue weighted by molar-refractivity contribution is -0.139. The van der Waals surface area contributed by atoms with E-state index < -0.39 is 5.41 Å². The van der Waals surface area contributed by atoms with Crippen LogP contribution in [0.25, 0.3) is 0 Å². The summed E-state index contributed by atoms with van der Waals surface area (Å²) in [5, 5.41) is 9.71. The fourth-order valence-corrected chi connectivity index (χ4v) is 2.63. The molecule has 19 heavy (non-hydrogen) atoms. The van der Waals surface area contributed by atoms with E-state index in [0.29, 0.717) is 6.54 Å². The number of rotatable bonds is 2. The molecule has 1 N–H and O–H groups in total. The fourth-order valence-electron chi connectivity index (χ4n) is 2.63. The quantitative estimate of drug-likeness (QED) is 0.887. The average Bonchev–Trinajstić information content (AvgIpc) is 2.38. The summed E-state index contributed by atoms with van der Waals surface area (Å²) in [6.45, 7) is 7.18. The summed E-state index contributed by atoms with van der Waals surface area (Å²) in [7, 11) is 0. The van der Waals surface area contributed by atoms with Crippen molar-refractivity contribution in [2.75, 3.05) is 13.1 Å². The minimum Gasteiger partial charge on any atom is -0.391 e. The molecule has 1 aliphatic rings. The van der Waals surface area contributed by atoms with Gasteiger partial charge in [-0.25, -0.2) is 0 Å². The molecule has 1 aliphatic heterocycles. The van der Waals surface area contributed by atoms with Gasteiger partial charge in [0.05, 0.1) is 11.5 Å². The van der Waals surface area contributed by atoms with E-state index >= 15 is 0 Å². The topological polar surface area (TPSA) is 40.5 Å². The maximum Gasteiger partial charge on any atom is 0.232 e. The second-order valence-corrected chi connectivity index (χ2v) is 6.04. The molecule has 2 rings (SSSR count). The van der Waals surface area contributed by atoms with E-state index in [2.05, 4.69) is 0 Å². The summed E-state index contributed by atoms with van der Waals surface area (Å²) in [6, 6.07) is 8.12.